The molecule has 0 bridgehead atoms. The summed E-state index contributed by atoms with van der Waals surface area (Å²) in [7, 11) is 0. The van der Waals surface area contributed by atoms with Gasteiger partial charge in [-0.2, -0.15) is 0 Å². The molecule has 1 fully saturated rings. The number of halogens is 1. The lowest BCUT2D eigenvalue weighted by Gasteiger charge is -2.37. The van der Waals surface area contributed by atoms with Gasteiger partial charge in [-0.3, -0.25) is 9.59 Å². The summed E-state index contributed by atoms with van der Waals surface area (Å²) >= 11 is 9.58. The highest BCUT2D eigenvalue weighted by Gasteiger charge is 2.33. The van der Waals surface area contributed by atoms with Gasteiger partial charge in [0.25, 0.3) is 0 Å². The zero-order chi connectivity index (χ0) is 21.5. The highest BCUT2D eigenvalue weighted by atomic mass is 35.5. The number of β-lactam (4-membered cyclic amide) rings is 1. The lowest BCUT2D eigenvalue weighted by molar-refractivity contribution is -0.142. The second-order valence-corrected chi connectivity index (χ2v) is 9.58. The van der Waals surface area contributed by atoms with Crippen molar-refractivity contribution in [3.8, 4) is 11.8 Å². The van der Waals surface area contributed by atoms with Crippen molar-refractivity contribution in [2.75, 3.05) is 12.3 Å². The van der Waals surface area contributed by atoms with E-state index in [1.807, 2.05) is 30.3 Å². The molecule has 8 heteroatoms. The molecule has 5 nitrogen and oxygen atoms in total. The Bertz CT molecular complexity index is 1010. The number of aliphatic carboxylic acids is 1. The summed E-state index contributed by atoms with van der Waals surface area (Å²) in [6.45, 7) is 0.323. The first kappa shape index (κ1) is 22.7. The van der Waals surface area contributed by atoms with Crippen molar-refractivity contribution < 1.29 is 19.8 Å². The summed E-state index contributed by atoms with van der Waals surface area (Å²) in [6, 6.07) is 7.90. The number of unbranched alkanes of at least 4 members (excludes halogenated alkanes) is 1. The van der Waals surface area contributed by atoms with Crippen LogP contribution in [0.1, 0.15) is 25.7 Å². The van der Waals surface area contributed by atoms with E-state index >= 15 is 0 Å². The van der Waals surface area contributed by atoms with Crippen LogP contribution in [0.4, 0.5) is 0 Å². The van der Waals surface area contributed by atoms with Crippen LogP contribution in [-0.4, -0.2) is 51.4 Å². The van der Waals surface area contributed by atoms with Gasteiger partial charge >= 0.3 is 5.97 Å². The Balaban J connectivity index is 1.45. The molecule has 1 aromatic heterocycles. The van der Waals surface area contributed by atoms with Crippen LogP contribution in [-0.2, 0) is 9.59 Å². The minimum atomic E-state index is -0.828. The van der Waals surface area contributed by atoms with Gasteiger partial charge in [0.15, 0.2) is 0 Å². The van der Waals surface area contributed by atoms with Crippen LogP contribution in [0.3, 0.4) is 0 Å². The SMILES string of the molecule is O=C(O)CCCC#CCN1C(=O)C[C@@H]1C=CC(O)CSc1sc2ccccc2c1Cl. The Morgan fingerprint density at radius 3 is 2.93 bits per heavy atom. The van der Waals surface area contributed by atoms with Crippen LogP contribution in [0.25, 0.3) is 10.1 Å². The minimum Gasteiger partial charge on any atom is -0.481 e. The predicted octanol–water partition coefficient (Wildman–Crippen LogP) is 4.42. The molecule has 1 aliphatic heterocycles. The van der Waals surface area contributed by atoms with Gasteiger partial charge in [-0.1, -0.05) is 47.9 Å². The van der Waals surface area contributed by atoms with Gasteiger partial charge in [-0.15, -0.1) is 29.0 Å². The number of fused-ring (bicyclic) bond motifs is 1. The fourth-order valence-corrected chi connectivity index (χ4v) is 5.68. The van der Waals surface area contributed by atoms with Gasteiger partial charge in [-0.25, -0.2) is 0 Å². The number of carboxylic acids is 1. The van der Waals surface area contributed by atoms with Gasteiger partial charge in [0.1, 0.15) is 0 Å². The number of thioether (sulfide) groups is 1. The predicted molar refractivity (Wildman–Crippen MR) is 122 cm³/mol. The first-order valence-corrected chi connectivity index (χ1v) is 11.8. The number of carboxylic acid groups (broad SMARTS) is 1. The Hall–Kier alpha value is -1.98. The van der Waals surface area contributed by atoms with Crippen LogP contribution in [0, 0.1) is 11.8 Å². The number of nitrogens with zero attached hydrogens (tertiary/aromatic N) is 1. The number of carbonyl (C=O) groups excluding carboxylic acids is 1. The first-order valence-electron chi connectivity index (χ1n) is 9.59. The number of benzene rings is 1. The van der Waals surface area contributed by atoms with Gasteiger partial charge in [-0.05, 0) is 12.5 Å². The van der Waals surface area contributed by atoms with Crippen molar-refractivity contribution in [2.24, 2.45) is 0 Å². The molecule has 1 amide bonds. The van der Waals surface area contributed by atoms with E-state index in [1.165, 1.54) is 11.8 Å². The third kappa shape index (κ3) is 6.02. The normalized spacial score (nSPS) is 17.1. The molecule has 2 atom stereocenters. The van der Waals surface area contributed by atoms with Crippen molar-refractivity contribution in [1.29, 1.82) is 0 Å². The summed E-state index contributed by atoms with van der Waals surface area (Å²) in [5, 5.41) is 20.6. The van der Waals surface area contributed by atoms with Crippen molar-refractivity contribution in [1.82, 2.24) is 4.90 Å². The van der Waals surface area contributed by atoms with E-state index in [-0.39, 0.29) is 18.4 Å². The van der Waals surface area contributed by atoms with Crippen LogP contribution >= 0.6 is 34.7 Å². The lowest BCUT2D eigenvalue weighted by atomic mass is 10.0. The molecular formula is C22H22ClNO4S2. The Labute approximate surface area is 188 Å². The maximum Gasteiger partial charge on any atom is 0.303 e. The highest BCUT2D eigenvalue weighted by Crippen LogP contribution is 2.41. The number of amides is 1. The number of carbonyl (C=O) groups is 2. The van der Waals surface area contributed by atoms with Crippen molar-refractivity contribution in [3.63, 3.8) is 0 Å². The Kier molecular flexibility index (Phi) is 8.23. The number of aliphatic hydroxyl groups excluding tert-OH is 1. The molecule has 158 valence electrons. The fourth-order valence-electron chi connectivity index (χ4n) is 2.97. The largest absolute Gasteiger partial charge is 0.481 e. The molecule has 0 spiro atoms. The number of thiophene rings is 1. The number of hydrogen-bond donors (Lipinski definition) is 2. The number of rotatable bonds is 9. The summed E-state index contributed by atoms with van der Waals surface area (Å²) in [5.74, 6) is 5.51. The molecule has 1 saturated heterocycles. The average Bonchev–Trinajstić information content (AvgIpc) is 3.04. The van der Waals surface area contributed by atoms with Gasteiger partial charge in [0.2, 0.25) is 5.91 Å². The average molecular weight is 464 g/mol. The molecule has 2 aromatic rings. The van der Waals surface area contributed by atoms with E-state index in [1.54, 1.807) is 22.3 Å². The van der Waals surface area contributed by atoms with E-state index in [2.05, 4.69) is 11.8 Å². The van der Waals surface area contributed by atoms with Crippen LogP contribution in [0.15, 0.2) is 40.6 Å². The monoisotopic (exact) mass is 463 g/mol. The number of hydrogen-bond acceptors (Lipinski definition) is 5. The van der Waals surface area contributed by atoms with Crippen LogP contribution in [0.5, 0.6) is 0 Å². The molecule has 1 unspecified atom stereocenters. The van der Waals surface area contributed by atoms with E-state index in [0.717, 1.165) is 19.3 Å². The third-order valence-corrected chi connectivity index (χ3v) is 7.78. The smallest absolute Gasteiger partial charge is 0.303 e. The lowest BCUT2D eigenvalue weighted by Crippen LogP contribution is -2.51. The molecule has 1 aliphatic rings. The summed E-state index contributed by atoms with van der Waals surface area (Å²) in [5.41, 5.74) is 0. The van der Waals surface area contributed by atoms with Crippen molar-refractivity contribution >= 4 is 56.7 Å². The standard InChI is InChI=1S/C22H22ClNO4S2/c23-21-17-7-4-5-8-18(17)30-22(21)29-14-16(25)11-10-15-13-19(26)24(15)12-6-2-1-3-9-20(27)28/h4-5,7-8,10-11,15-16,25H,1,3,9,12-14H2,(H,27,28)/t15-,16?/m0/s1. The Morgan fingerprint density at radius 1 is 1.40 bits per heavy atom. The second-order valence-electron chi connectivity index (χ2n) is 6.86. The number of aliphatic hydroxyl groups is 1. The zero-order valence-electron chi connectivity index (χ0n) is 16.2. The van der Waals surface area contributed by atoms with Crippen LogP contribution in [0.2, 0.25) is 5.02 Å². The van der Waals surface area contributed by atoms with E-state index in [9.17, 15) is 14.7 Å². The second kappa shape index (κ2) is 10.9. The van der Waals surface area contributed by atoms with Crippen molar-refractivity contribution in [2.45, 2.75) is 42.0 Å². The van der Waals surface area contributed by atoms with Gasteiger partial charge in [0.05, 0.1) is 34.3 Å². The van der Waals surface area contributed by atoms with E-state index in [4.69, 9.17) is 16.7 Å². The van der Waals surface area contributed by atoms with E-state index < -0.39 is 12.1 Å². The topological polar surface area (TPSA) is 77.8 Å². The maximum absolute atomic E-state index is 11.8. The van der Waals surface area contributed by atoms with Crippen molar-refractivity contribution in [3.05, 3.63) is 41.4 Å². The van der Waals surface area contributed by atoms with E-state index in [0.29, 0.717) is 31.6 Å². The summed E-state index contributed by atoms with van der Waals surface area (Å²) in [6.07, 6.45) is 4.46. The molecule has 0 saturated carbocycles. The molecule has 2 N–H and O–H groups in total. The molecule has 30 heavy (non-hydrogen) atoms. The maximum atomic E-state index is 11.8. The first-order chi connectivity index (χ1) is 14.5. The summed E-state index contributed by atoms with van der Waals surface area (Å²) < 4.78 is 2.12. The molecule has 0 radical (unpaired) electrons. The highest BCUT2D eigenvalue weighted by molar-refractivity contribution is 8.01. The molecule has 1 aromatic carbocycles. The van der Waals surface area contributed by atoms with Gasteiger partial charge < -0.3 is 15.1 Å². The van der Waals surface area contributed by atoms with Crippen LogP contribution < -0.4 is 0 Å². The minimum absolute atomic E-state index is 0.0328. The summed E-state index contributed by atoms with van der Waals surface area (Å²) in [4.78, 5) is 23.9. The third-order valence-electron chi connectivity index (χ3n) is 4.62. The quantitative estimate of drug-likeness (QED) is 0.189. The molecule has 3 rings (SSSR count). The Morgan fingerprint density at radius 2 is 2.20 bits per heavy atom. The zero-order valence-corrected chi connectivity index (χ0v) is 18.6. The fraction of sp³-hybridized carbons (Fsp3) is 0.364. The van der Waals surface area contributed by atoms with Gasteiger partial charge in [0, 0.05) is 28.7 Å². The number of likely N-dealkylation sites (tertiary alicyclic amines) is 1. The molecule has 2 heterocycles. The molecule has 0 aliphatic carbocycles. The molecular weight excluding hydrogens is 442 g/mol.